The highest BCUT2D eigenvalue weighted by atomic mass is 16.2. The molecule has 0 aliphatic heterocycles. The van der Waals surface area contributed by atoms with Gasteiger partial charge in [0.2, 0.25) is 5.91 Å². The number of hydrogen-bond donors (Lipinski definition) is 2. The van der Waals surface area contributed by atoms with Crippen LogP contribution in [0.15, 0.2) is 67.1 Å². The normalized spacial score (nSPS) is 14.1. The van der Waals surface area contributed by atoms with Gasteiger partial charge in [-0.1, -0.05) is 61.7 Å². The van der Waals surface area contributed by atoms with Gasteiger partial charge in [-0.15, -0.1) is 0 Å². The molecule has 4 rings (SSSR count). The molecule has 1 aliphatic rings. The van der Waals surface area contributed by atoms with Gasteiger partial charge in [-0.05, 0) is 42.0 Å². The topological polar surface area (TPSA) is 76.0 Å². The molecule has 0 saturated heterocycles. The number of benzene rings is 2. The van der Waals surface area contributed by atoms with Gasteiger partial charge in [0.1, 0.15) is 5.69 Å². The molecule has 2 aromatic carbocycles. The van der Waals surface area contributed by atoms with Crippen LogP contribution in [0, 0.1) is 5.92 Å². The molecular formula is C26H30N4O2. The van der Waals surface area contributed by atoms with Gasteiger partial charge >= 0.3 is 0 Å². The lowest BCUT2D eigenvalue weighted by Crippen LogP contribution is -2.23. The highest BCUT2D eigenvalue weighted by molar-refractivity contribution is 5.92. The SMILES string of the molecule is O=C(CC1CCCCC1)Nc1ccc(Cn2cnc(C(=O)NCc3ccccc3)c2)cc1. The first-order chi connectivity index (χ1) is 15.7. The molecule has 1 saturated carbocycles. The van der Waals surface area contributed by atoms with Gasteiger partial charge in [0.05, 0.1) is 6.33 Å². The van der Waals surface area contributed by atoms with Gasteiger partial charge in [0.25, 0.3) is 5.91 Å². The molecule has 3 aromatic rings. The zero-order valence-electron chi connectivity index (χ0n) is 18.3. The third-order valence-electron chi connectivity index (χ3n) is 5.96. The Morgan fingerprint density at radius 3 is 2.44 bits per heavy atom. The van der Waals surface area contributed by atoms with Crippen molar-refractivity contribution in [3.63, 3.8) is 0 Å². The first kappa shape index (κ1) is 21.8. The highest BCUT2D eigenvalue weighted by Crippen LogP contribution is 2.26. The van der Waals surface area contributed by atoms with Crippen LogP contribution in [-0.2, 0) is 17.9 Å². The van der Waals surface area contributed by atoms with Crippen molar-refractivity contribution in [2.45, 2.75) is 51.6 Å². The summed E-state index contributed by atoms with van der Waals surface area (Å²) < 4.78 is 1.88. The van der Waals surface area contributed by atoms with Gasteiger partial charge in [-0.25, -0.2) is 4.98 Å². The fourth-order valence-electron chi connectivity index (χ4n) is 4.20. The predicted octanol–water partition coefficient (Wildman–Crippen LogP) is 4.77. The predicted molar refractivity (Wildman–Crippen MR) is 125 cm³/mol. The van der Waals surface area contributed by atoms with Crippen LogP contribution >= 0.6 is 0 Å². The summed E-state index contributed by atoms with van der Waals surface area (Å²) in [5.74, 6) is 0.442. The molecule has 6 heteroatoms. The van der Waals surface area contributed by atoms with Gasteiger partial charge in [0.15, 0.2) is 0 Å². The number of rotatable bonds is 8. The fraction of sp³-hybridized carbons (Fsp3) is 0.346. The summed E-state index contributed by atoms with van der Waals surface area (Å²) in [6.07, 6.45) is 10.2. The Bertz CT molecular complexity index is 1020. The Morgan fingerprint density at radius 1 is 0.938 bits per heavy atom. The van der Waals surface area contributed by atoms with E-state index in [1.165, 1.54) is 32.1 Å². The summed E-state index contributed by atoms with van der Waals surface area (Å²) in [7, 11) is 0. The maximum Gasteiger partial charge on any atom is 0.271 e. The van der Waals surface area contributed by atoms with Crippen LogP contribution in [0.1, 0.15) is 60.1 Å². The Morgan fingerprint density at radius 2 is 1.69 bits per heavy atom. The largest absolute Gasteiger partial charge is 0.347 e. The minimum Gasteiger partial charge on any atom is -0.347 e. The van der Waals surface area contributed by atoms with E-state index in [2.05, 4.69) is 15.6 Å². The maximum absolute atomic E-state index is 12.3. The first-order valence-electron chi connectivity index (χ1n) is 11.4. The van der Waals surface area contributed by atoms with E-state index in [1.54, 1.807) is 12.5 Å². The average molecular weight is 431 g/mol. The van der Waals surface area contributed by atoms with E-state index >= 15 is 0 Å². The van der Waals surface area contributed by atoms with E-state index in [0.717, 1.165) is 16.8 Å². The second-order valence-corrected chi connectivity index (χ2v) is 8.55. The third kappa shape index (κ3) is 6.30. The summed E-state index contributed by atoms with van der Waals surface area (Å²) in [6, 6.07) is 17.6. The zero-order valence-corrected chi connectivity index (χ0v) is 18.3. The summed E-state index contributed by atoms with van der Waals surface area (Å²) in [6.45, 7) is 1.08. The van der Waals surface area contributed by atoms with Crippen molar-refractivity contribution in [2.75, 3.05) is 5.32 Å². The lowest BCUT2D eigenvalue weighted by Gasteiger charge is -2.20. The number of amides is 2. The van der Waals surface area contributed by atoms with Crippen molar-refractivity contribution in [1.29, 1.82) is 0 Å². The molecule has 0 atom stereocenters. The molecule has 166 valence electrons. The molecule has 1 heterocycles. The van der Waals surface area contributed by atoms with E-state index in [-0.39, 0.29) is 11.8 Å². The minimum absolute atomic E-state index is 0.102. The quantitative estimate of drug-likeness (QED) is 0.540. The number of carbonyl (C=O) groups is 2. The van der Waals surface area contributed by atoms with Gasteiger partial charge in [-0.2, -0.15) is 0 Å². The highest BCUT2D eigenvalue weighted by Gasteiger charge is 2.17. The second kappa shape index (κ2) is 10.8. The van der Waals surface area contributed by atoms with E-state index in [1.807, 2.05) is 59.2 Å². The van der Waals surface area contributed by atoms with Crippen LogP contribution < -0.4 is 10.6 Å². The molecule has 1 aliphatic carbocycles. The molecule has 1 aromatic heterocycles. The number of imidazole rings is 1. The van der Waals surface area contributed by atoms with E-state index in [4.69, 9.17) is 0 Å². The number of anilines is 1. The van der Waals surface area contributed by atoms with Gasteiger partial charge in [-0.3, -0.25) is 9.59 Å². The number of aromatic nitrogens is 2. The van der Waals surface area contributed by atoms with Crippen LogP contribution in [0.3, 0.4) is 0 Å². The van der Waals surface area contributed by atoms with Crippen molar-refractivity contribution in [1.82, 2.24) is 14.9 Å². The Labute approximate surface area is 189 Å². The van der Waals surface area contributed by atoms with Crippen molar-refractivity contribution >= 4 is 17.5 Å². The summed E-state index contributed by atoms with van der Waals surface area (Å²) in [5.41, 5.74) is 3.34. The van der Waals surface area contributed by atoms with Crippen molar-refractivity contribution in [2.24, 2.45) is 5.92 Å². The molecule has 2 amide bonds. The third-order valence-corrected chi connectivity index (χ3v) is 5.96. The summed E-state index contributed by atoms with van der Waals surface area (Å²) >= 11 is 0. The van der Waals surface area contributed by atoms with Crippen LogP contribution in [0.5, 0.6) is 0 Å². The molecule has 2 N–H and O–H groups in total. The molecule has 0 bridgehead atoms. The average Bonchev–Trinajstić information content (AvgIpc) is 3.29. The number of hydrogen-bond acceptors (Lipinski definition) is 3. The molecule has 6 nitrogen and oxygen atoms in total. The molecule has 0 unspecified atom stereocenters. The minimum atomic E-state index is -0.191. The molecule has 0 radical (unpaired) electrons. The molecule has 32 heavy (non-hydrogen) atoms. The van der Waals surface area contributed by atoms with Crippen LogP contribution in [0.4, 0.5) is 5.69 Å². The lowest BCUT2D eigenvalue weighted by atomic mass is 9.87. The summed E-state index contributed by atoms with van der Waals surface area (Å²) in [5, 5.41) is 5.91. The Hall–Kier alpha value is -3.41. The Balaban J connectivity index is 1.26. The van der Waals surface area contributed by atoms with E-state index in [9.17, 15) is 9.59 Å². The van der Waals surface area contributed by atoms with E-state index in [0.29, 0.717) is 31.1 Å². The number of nitrogens with zero attached hydrogens (tertiary/aromatic N) is 2. The second-order valence-electron chi connectivity index (χ2n) is 8.55. The van der Waals surface area contributed by atoms with Crippen LogP contribution in [-0.4, -0.2) is 21.4 Å². The lowest BCUT2D eigenvalue weighted by molar-refractivity contribution is -0.117. The monoisotopic (exact) mass is 430 g/mol. The maximum atomic E-state index is 12.3. The van der Waals surface area contributed by atoms with Crippen molar-refractivity contribution < 1.29 is 9.59 Å². The van der Waals surface area contributed by atoms with Crippen LogP contribution in [0.2, 0.25) is 0 Å². The number of nitrogens with one attached hydrogen (secondary N) is 2. The van der Waals surface area contributed by atoms with Crippen LogP contribution in [0.25, 0.3) is 0 Å². The Kier molecular flexibility index (Phi) is 7.33. The fourth-order valence-corrected chi connectivity index (χ4v) is 4.20. The summed E-state index contributed by atoms with van der Waals surface area (Å²) in [4.78, 5) is 28.9. The zero-order chi connectivity index (χ0) is 22.2. The first-order valence-corrected chi connectivity index (χ1v) is 11.4. The molecule has 1 fully saturated rings. The van der Waals surface area contributed by atoms with Gasteiger partial charge < -0.3 is 15.2 Å². The standard InChI is InChI=1S/C26H30N4O2/c31-25(15-20-7-3-1-4-8-20)29-23-13-11-22(12-14-23)17-30-18-24(28-19-30)26(32)27-16-21-9-5-2-6-10-21/h2,5-6,9-14,18-20H,1,3-4,7-8,15-17H2,(H,27,32)(H,29,31). The number of carbonyl (C=O) groups excluding carboxylic acids is 2. The van der Waals surface area contributed by atoms with E-state index < -0.39 is 0 Å². The van der Waals surface area contributed by atoms with Gasteiger partial charge in [0, 0.05) is 31.4 Å². The van der Waals surface area contributed by atoms with Crippen molar-refractivity contribution in [3.8, 4) is 0 Å². The molecular weight excluding hydrogens is 400 g/mol. The molecule has 0 spiro atoms. The van der Waals surface area contributed by atoms with Crippen molar-refractivity contribution in [3.05, 3.63) is 83.9 Å². The smallest absolute Gasteiger partial charge is 0.271 e.